The first-order valence-corrected chi connectivity index (χ1v) is 14.4. The molecule has 0 amide bonds. The Hall–Kier alpha value is -1.91. The highest BCUT2D eigenvalue weighted by molar-refractivity contribution is 5.96. The minimum absolute atomic E-state index is 0.0326. The van der Waals surface area contributed by atoms with Crippen LogP contribution in [0.5, 0.6) is 0 Å². The molecule has 6 rings (SSSR count). The Morgan fingerprint density at radius 2 is 1.73 bits per heavy atom. The molecule has 8 atom stereocenters. The van der Waals surface area contributed by atoms with Crippen LogP contribution in [0.25, 0.3) is 0 Å². The Balaban J connectivity index is 1.47. The Morgan fingerprint density at radius 1 is 1.03 bits per heavy atom. The largest absolute Gasteiger partial charge is 0.469 e. The number of esters is 1. The minimum Gasteiger partial charge on any atom is -0.469 e. The molecule has 3 fully saturated rings. The first-order valence-electron chi connectivity index (χ1n) is 14.4. The Labute approximate surface area is 222 Å². The minimum atomic E-state index is -0.486. The first-order chi connectivity index (χ1) is 17.2. The second-order valence-corrected chi connectivity index (χ2v) is 15.3. The molecule has 37 heavy (non-hydrogen) atoms. The maximum atomic E-state index is 14.5. The van der Waals surface area contributed by atoms with Crippen LogP contribution in [-0.4, -0.2) is 24.0 Å². The molecule has 202 valence electrons. The van der Waals surface area contributed by atoms with E-state index in [4.69, 9.17) is 9.26 Å². The van der Waals surface area contributed by atoms with E-state index in [1.807, 2.05) is 6.20 Å². The summed E-state index contributed by atoms with van der Waals surface area (Å²) in [7, 11) is 1.51. The number of methoxy groups -OCH3 is 1. The van der Waals surface area contributed by atoms with Crippen molar-refractivity contribution in [3.8, 4) is 0 Å². The predicted molar refractivity (Wildman–Crippen MR) is 142 cm³/mol. The highest BCUT2D eigenvalue weighted by Crippen LogP contribution is 2.74. The smallest absolute Gasteiger partial charge is 0.311 e. The van der Waals surface area contributed by atoms with E-state index in [9.17, 15) is 9.59 Å². The van der Waals surface area contributed by atoms with Crippen LogP contribution in [0.15, 0.2) is 22.4 Å². The van der Waals surface area contributed by atoms with Crippen LogP contribution in [0.1, 0.15) is 105 Å². The van der Waals surface area contributed by atoms with Crippen LogP contribution in [0, 0.1) is 44.8 Å². The van der Waals surface area contributed by atoms with Gasteiger partial charge < -0.3 is 9.26 Å². The molecular weight excluding hydrogens is 462 g/mol. The van der Waals surface area contributed by atoms with Crippen LogP contribution >= 0.6 is 0 Å². The van der Waals surface area contributed by atoms with Gasteiger partial charge in [0.05, 0.1) is 18.7 Å². The lowest BCUT2D eigenvalue weighted by atomic mass is 9.33. The number of carbonyl (C=O) groups is 2. The zero-order valence-electron chi connectivity index (χ0n) is 24.1. The molecule has 0 N–H and O–H groups in total. The molecule has 0 radical (unpaired) electrons. The van der Waals surface area contributed by atoms with Crippen molar-refractivity contribution < 1.29 is 18.8 Å². The number of carbonyl (C=O) groups excluding carboxylic acids is 2. The molecule has 5 heteroatoms. The van der Waals surface area contributed by atoms with Gasteiger partial charge in [-0.15, -0.1) is 0 Å². The molecule has 5 aliphatic carbocycles. The number of hydrogen-bond donors (Lipinski definition) is 0. The van der Waals surface area contributed by atoms with Crippen molar-refractivity contribution in [2.75, 3.05) is 7.11 Å². The summed E-state index contributed by atoms with van der Waals surface area (Å²) in [6, 6.07) is 0. The lowest BCUT2D eigenvalue weighted by Gasteiger charge is -2.69. The van der Waals surface area contributed by atoms with Crippen LogP contribution in [-0.2, 0) is 26.2 Å². The third-order valence-electron chi connectivity index (χ3n) is 13.2. The fraction of sp³-hybridized carbons (Fsp3) is 0.781. The van der Waals surface area contributed by atoms with Gasteiger partial charge in [-0.3, -0.25) is 9.59 Å². The Bertz CT molecular complexity index is 1210. The maximum absolute atomic E-state index is 14.5. The third kappa shape index (κ3) is 2.95. The summed E-state index contributed by atoms with van der Waals surface area (Å²) in [5, 5.41) is 4.19. The number of ether oxygens (including phenoxy) is 1. The van der Waals surface area contributed by atoms with Crippen molar-refractivity contribution in [1.82, 2.24) is 5.16 Å². The van der Waals surface area contributed by atoms with Gasteiger partial charge in [-0.05, 0) is 97.9 Å². The molecule has 0 unspecified atom stereocenters. The first kappa shape index (κ1) is 25.4. The fourth-order valence-corrected chi connectivity index (χ4v) is 10.9. The molecule has 0 bridgehead atoms. The van der Waals surface area contributed by atoms with Crippen molar-refractivity contribution in [3.05, 3.63) is 29.2 Å². The van der Waals surface area contributed by atoms with E-state index >= 15 is 0 Å². The molecule has 0 aromatic carbocycles. The summed E-state index contributed by atoms with van der Waals surface area (Å²) in [5.41, 5.74) is 1.68. The molecule has 5 nitrogen and oxygen atoms in total. The lowest BCUT2D eigenvalue weighted by Crippen LogP contribution is -2.66. The lowest BCUT2D eigenvalue weighted by molar-refractivity contribution is -0.175. The van der Waals surface area contributed by atoms with Gasteiger partial charge in [-0.2, -0.15) is 0 Å². The fourth-order valence-electron chi connectivity index (χ4n) is 10.9. The molecule has 0 aliphatic heterocycles. The second kappa shape index (κ2) is 7.39. The average Bonchev–Trinajstić information content (AvgIpc) is 3.29. The number of fused-ring (bicyclic) bond motifs is 8. The standard InChI is InChI=1S/C32H45NO4/c1-27(2)23-9-10-32(7)24(30(23,5)16-19-18-33-37-25(19)27)22(34)15-20-21-17-29(4,26(35)36-8)12-11-28(21,3)13-14-31(20,32)6/h15,18,21,23-24H,9-14,16-17H2,1-8H3/t21-,23-,24+,28+,29+,30-,31+,32+/m0/s1. The Kier molecular flexibility index (Phi) is 5.06. The van der Waals surface area contributed by atoms with Crippen molar-refractivity contribution in [2.45, 2.75) is 105 Å². The van der Waals surface area contributed by atoms with E-state index in [0.717, 1.165) is 57.1 Å². The van der Waals surface area contributed by atoms with Gasteiger partial charge in [-0.25, -0.2) is 0 Å². The summed E-state index contributed by atoms with van der Waals surface area (Å²) in [4.78, 5) is 27.4. The van der Waals surface area contributed by atoms with Gasteiger partial charge >= 0.3 is 5.97 Å². The van der Waals surface area contributed by atoms with Crippen molar-refractivity contribution >= 4 is 11.8 Å². The summed E-state index contributed by atoms with van der Waals surface area (Å²) < 4.78 is 11.1. The highest BCUT2D eigenvalue weighted by atomic mass is 16.5. The van der Waals surface area contributed by atoms with E-state index in [0.29, 0.717) is 11.7 Å². The Morgan fingerprint density at radius 3 is 2.43 bits per heavy atom. The van der Waals surface area contributed by atoms with Gasteiger partial charge in [0.2, 0.25) is 0 Å². The van der Waals surface area contributed by atoms with Crippen LogP contribution in [0.4, 0.5) is 0 Å². The average molecular weight is 508 g/mol. The molecule has 1 aromatic heterocycles. The molecule has 1 aromatic rings. The van der Waals surface area contributed by atoms with Crippen molar-refractivity contribution in [1.29, 1.82) is 0 Å². The molecule has 0 spiro atoms. The number of ketones is 1. The summed E-state index contributed by atoms with van der Waals surface area (Å²) in [5.74, 6) is 1.80. The van der Waals surface area contributed by atoms with E-state index in [1.54, 1.807) is 0 Å². The molecule has 1 heterocycles. The quantitative estimate of drug-likeness (QED) is 0.389. The summed E-state index contributed by atoms with van der Waals surface area (Å²) in [6.07, 6.45) is 11.9. The maximum Gasteiger partial charge on any atom is 0.311 e. The van der Waals surface area contributed by atoms with Crippen LogP contribution < -0.4 is 0 Å². The third-order valence-corrected chi connectivity index (χ3v) is 13.2. The number of rotatable bonds is 1. The van der Waals surface area contributed by atoms with Gasteiger partial charge in [0.25, 0.3) is 0 Å². The number of nitrogens with zero attached hydrogens (tertiary/aromatic N) is 1. The van der Waals surface area contributed by atoms with Crippen molar-refractivity contribution in [2.24, 2.45) is 44.8 Å². The normalized spacial score (nSPS) is 47.9. The molecule has 3 saturated carbocycles. The van der Waals surface area contributed by atoms with Gasteiger partial charge in [0, 0.05) is 16.9 Å². The van der Waals surface area contributed by atoms with E-state index in [-0.39, 0.29) is 44.9 Å². The topological polar surface area (TPSA) is 69.4 Å². The van der Waals surface area contributed by atoms with E-state index < -0.39 is 5.41 Å². The zero-order valence-corrected chi connectivity index (χ0v) is 24.1. The van der Waals surface area contributed by atoms with Crippen LogP contribution in [0.3, 0.4) is 0 Å². The van der Waals surface area contributed by atoms with Gasteiger partial charge in [0.1, 0.15) is 5.76 Å². The summed E-state index contributed by atoms with van der Waals surface area (Å²) in [6.45, 7) is 16.4. The SMILES string of the molecule is COC(=O)[C@]1(C)CC[C@]2(C)CC[C@]3(C)C(=CC(=O)[C@@H]4[C@@]5(C)Cc6cnoc6C(C)(C)[C@@H]5CC[C@]43C)[C@@H]2C1. The summed E-state index contributed by atoms with van der Waals surface area (Å²) >= 11 is 0. The second-order valence-electron chi connectivity index (χ2n) is 15.3. The molecular formula is C32H45NO4. The zero-order chi connectivity index (χ0) is 26.8. The van der Waals surface area contributed by atoms with E-state index in [1.165, 1.54) is 18.2 Å². The number of aromatic nitrogens is 1. The molecule has 5 aliphatic rings. The highest BCUT2D eigenvalue weighted by Gasteiger charge is 2.70. The molecule has 0 saturated heterocycles. The van der Waals surface area contributed by atoms with Crippen molar-refractivity contribution in [3.63, 3.8) is 0 Å². The number of allylic oxidation sites excluding steroid dienone is 2. The van der Waals surface area contributed by atoms with Gasteiger partial charge in [0.15, 0.2) is 5.78 Å². The predicted octanol–water partition coefficient (Wildman–Crippen LogP) is 6.84. The van der Waals surface area contributed by atoms with E-state index in [2.05, 4.69) is 59.7 Å². The number of hydrogen-bond acceptors (Lipinski definition) is 5. The van der Waals surface area contributed by atoms with Gasteiger partial charge in [-0.1, -0.05) is 52.3 Å². The monoisotopic (exact) mass is 507 g/mol. The van der Waals surface area contributed by atoms with Crippen LogP contribution in [0.2, 0.25) is 0 Å².